The zero-order valence-electron chi connectivity index (χ0n) is 28.4. The minimum Gasteiger partial charge on any atom is -0.508 e. The highest BCUT2D eigenvalue weighted by atomic mass is 19.1. The monoisotopic (exact) mass is 594 g/mol. The number of aromatic nitrogens is 2. The van der Waals surface area contributed by atoms with Crippen LogP contribution in [0, 0.1) is 5.82 Å². The predicted octanol–water partition coefficient (Wildman–Crippen LogP) is 4.50. The Bertz CT molecular complexity index is 1740. The van der Waals surface area contributed by atoms with E-state index in [9.17, 15) is 9.50 Å². The first-order chi connectivity index (χ1) is 22.4. The summed E-state index contributed by atoms with van der Waals surface area (Å²) < 4.78 is 71.1. The highest BCUT2D eigenvalue weighted by Crippen LogP contribution is 2.42. The lowest BCUT2D eigenvalue weighted by Crippen LogP contribution is -2.61. The molecule has 7 heterocycles. The number of benzene rings is 2. The van der Waals surface area contributed by atoms with Gasteiger partial charge in [0.1, 0.15) is 30.1 Å². The van der Waals surface area contributed by atoms with E-state index in [1.54, 1.807) is 18.2 Å². The summed E-state index contributed by atoms with van der Waals surface area (Å²) in [7, 11) is 0. The number of fused-ring (bicyclic) bond motifs is 6. The van der Waals surface area contributed by atoms with E-state index < -0.39 is 24.8 Å². The number of aryl methyl sites for hydroxylation is 1. The molecule has 10 heteroatoms. The first-order valence-electron chi connectivity index (χ1n) is 17.6. The number of halogens is 2. The third kappa shape index (κ3) is 4.60. The van der Waals surface area contributed by atoms with Gasteiger partial charge in [-0.15, -0.1) is 0 Å². The number of ether oxygens (including phenoxy) is 1. The number of hydrogen-bond donors (Lipinski definition) is 2. The van der Waals surface area contributed by atoms with E-state index in [-0.39, 0.29) is 49.4 Å². The van der Waals surface area contributed by atoms with Crippen molar-refractivity contribution in [3.05, 3.63) is 46.9 Å². The molecule has 6 aliphatic heterocycles. The maximum absolute atomic E-state index is 15.0. The molecule has 43 heavy (non-hydrogen) atoms. The van der Waals surface area contributed by atoms with Gasteiger partial charge in [0.25, 0.3) is 0 Å². The van der Waals surface area contributed by atoms with Gasteiger partial charge in [-0.05, 0) is 68.1 Å². The lowest BCUT2D eigenvalue weighted by Gasteiger charge is -2.47. The normalized spacial score (nSPS) is 31.4. The van der Waals surface area contributed by atoms with Gasteiger partial charge in [-0.3, -0.25) is 4.90 Å². The van der Waals surface area contributed by atoms with Crippen LogP contribution in [0.5, 0.6) is 11.8 Å². The first kappa shape index (κ1) is 23.2. The Labute approximate surface area is 256 Å². The number of piperidine rings is 2. The largest absolute Gasteiger partial charge is 0.508 e. The van der Waals surface area contributed by atoms with Crippen molar-refractivity contribution in [2.75, 3.05) is 49.0 Å². The molecule has 6 aliphatic rings. The lowest BCUT2D eigenvalue weighted by atomic mass is 9.92. The van der Waals surface area contributed by atoms with E-state index in [4.69, 9.17) is 20.2 Å². The Morgan fingerprint density at radius 1 is 1.26 bits per heavy atom. The average molecular weight is 595 g/mol. The smallest absolute Gasteiger partial charge is 0.318 e. The number of rotatable bonds is 6. The molecule has 2 aromatic carbocycles. The maximum atomic E-state index is 15.0. The molecule has 0 radical (unpaired) electrons. The lowest BCUT2D eigenvalue weighted by molar-refractivity contribution is 0.107. The predicted molar refractivity (Wildman–Crippen MR) is 162 cm³/mol. The van der Waals surface area contributed by atoms with Gasteiger partial charge in [-0.1, -0.05) is 13.0 Å². The Morgan fingerprint density at radius 2 is 2.16 bits per heavy atom. The van der Waals surface area contributed by atoms with Gasteiger partial charge in [0, 0.05) is 70.1 Å². The first-order valence-corrected chi connectivity index (χ1v) is 15.6. The SMILES string of the molecule is [2H]C1([2H])CC[C@@]2(C([2H])([2H])Oc3nc4c(c(N5CC6CCC5CN6)n3)CCN(c3cc(O)cc5ccc(F)c(CC)c35)C4)C[C@@H](F)CN12. The van der Waals surface area contributed by atoms with Gasteiger partial charge in [0.15, 0.2) is 0 Å². The van der Waals surface area contributed by atoms with Gasteiger partial charge in [0.2, 0.25) is 0 Å². The highest BCUT2D eigenvalue weighted by molar-refractivity contribution is 5.98. The van der Waals surface area contributed by atoms with Gasteiger partial charge >= 0.3 is 6.01 Å². The second kappa shape index (κ2) is 10.4. The summed E-state index contributed by atoms with van der Waals surface area (Å²) in [6.45, 7) is -0.160. The van der Waals surface area contributed by atoms with Crippen LogP contribution >= 0.6 is 0 Å². The van der Waals surface area contributed by atoms with E-state index in [2.05, 4.69) is 15.1 Å². The Morgan fingerprint density at radius 3 is 2.95 bits per heavy atom. The van der Waals surface area contributed by atoms with Crippen LogP contribution in [0.15, 0.2) is 24.3 Å². The molecule has 3 aromatic rings. The highest BCUT2D eigenvalue weighted by Gasteiger charge is 2.49. The summed E-state index contributed by atoms with van der Waals surface area (Å²) in [4.78, 5) is 15.3. The van der Waals surface area contributed by atoms with Gasteiger partial charge < -0.3 is 25.0 Å². The number of aromatic hydroxyl groups is 1. The van der Waals surface area contributed by atoms with Crippen LogP contribution in [-0.2, 0) is 19.4 Å². The minimum atomic E-state index is -2.48. The fourth-order valence-electron chi connectivity index (χ4n) is 7.97. The van der Waals surface area contributed by atoms with Crippen molar-refractivity contribution in [2.45, 2.75) is 82.2 Å². The summed E-state index contributed by atoms with van der Waals surface area (Å²) >= 11 is 0. The van der Waals surface area contributed by atoms with E-state index in [0.717, 1.165) is 42.3 Å². The Kier molecular flexibility index (Phi) is 5.63. The fraction of sp³-hybridized carbons (Fsp3) is 0.576. The molecule has 5 fully saturated rings. The minimum absolute atomic E-state index is 0.0763. The van der Waals surface area contributed by atoms with Crippen LogP contribution in [0.2, 0.25) is 0 Å². The number of nitrogens with one attached hydrogen (secondary N) is 1. The van der Waals surface area contributed by atoms with Crippen LogP contribution in [0.25, 0.3) is 10.8 Å². The summed E-state index contributed by atoms with van der Waals surface area (Å²) in [5, 5.41) is 15.7. The second-order valence-corrected chi connectivity index (χ2v) is 12.7. The molecule has 2 N–H and O–H groups in total. The van der Waals surface area contributed by atoms with E-state index in [1.165, 1.54) is 11.0 Å². The summed E-state index contributed by atoms with van der Waals surface area (Å²) in [5.74, 6) is 0.490. The molecule has 0 saturated carbocycles. The summed E-state index contributed by atoms with van der Waals surface area (Å²) in [6, 6.07) is 6.78. The number of phenolic OH excluding ortho intramolecular Hbond substituents is 1. The molecule has 2 bridgehead atoms. The Balaban J connectivity index is 1.21. The van der Waals surface area contributed by atoms with Gasteiger partial charge in [-0.2, -0.15) is 9.97 Å². The van der Waals surface area contributed by atoms with E-state index in [0.29, 0.717) is 54.7 Å². The average Bonchev–Trinajstić information content (AvgIpc) is 3.54. The van der Waals surface area contributed by atoms with Gasteiger partial charge in [-0.25, -0.2) is 8.78 Å². The number of nitrogens with zero attached hydrogens (tertiary/aromatic N) is 5. The Hall–Kier alpha value is -3.24. The molecule has 0 aliphatic carbocycles. The van der Waals surface area contributed by atoms with E-state index in [1.807, 2.05) is 6.92 Å². The zero-order valence-corrected chi connectivity index (χ0v) is 24.4. The molecule has 1 aromatic heterocycles. The molecule has 228 valence electrons. The van der Waals surface area contributed by atoms with Crippen LogP contribution in [0.3, 0.4) is 0 Å². The second-order valence-electron chi connectivity index (χ2n) is 12.7. The molecule has 0 amide bonds. The molecule has 2 unspecified atom stereocenters. The third-order valence-corrected chi connectivity index (χ3v) is 10.1. The van der Waals surface area contributed by atoms with Crippen LogP contribution in [0.4, 0.5) is 20.3 Å². The van der Waals surface area contributed by atoms with Gasteiger partial charge in [0.05, 0.1) is 20.5 Å². The van der Waals surface area contributed by atoms with Crippen molar-refractivity contribution in [3.63, 3.8) is 0 Å². The number of hydrogen-bond acceptors (Lipinski definition) is 8. The standard InChI is InChI=1S/C33H40F2N6O2/c1-2-25-27(35)7-4-20-12-24(42)13-29(30(20)25)39-11-8-26-28(18-39)37-32(38-31(26)41-17-22-5-6-23(41)15-36-22)43-19-33-9-3-10-40(33)16-21(34)14-33/h4,7,12-13,21-23,36,42H,2-3,5-6,8-11,14-19H2,1H3/t21-,22?,23?,33+/m1/s1/i10D2,19D2. The summed E-state index contributed by atoms with van der Waals surface area (Å²) in [6.07, 6.45) is 1.78. The molecule has 4 atom stereocenters. The maximum Gasteiger partial charge on any atom is 0.318 e. The number of anilines is 2. The molecular formula is C33H40F2N6O2. The topological polar surface area (TPSA) is 77.0 Å². The number of piperazine rings is 1. The van der Waals surface area contributed by atoms with Crippen molar-refractivity contribution >= 4 is 22.3 Å². The zero-order chi connectivity index (χ0) is 32.9. The third-order valence-electron chi connectivity index (χ3n) is 10.1. The summed E-state index contributed by atoms with van der Waals surface area (Å²) in [5.41, 5.74) is 1.39. The molecular weight excluding hydrogens is 550 g/mol. The van der Waals surface area contributed by atoms with Crippen molar-refractivity contribution in [2.24, 2.45) is 0 Å². The van der Waals surface area contributed by atoms with Crippen LogP contribution in [0.1, 0.15) is 61.3 Å². The molecule has 8 nitrogen and oxygen atoms in total. The van der Waals surface area contributed by atoms with Crippen LogP contribution < -0.4 is 19.9 Å². The number of phenols is 1. The van der Waals surface area contributed by atoms with Crippen molar-refractivity contribution in [3.8, 4) is 11.8 Å². The fourth-order valence-corrected chi connectivity index (χ4v) is 7.97. The van der Waals surface area contributed by atoms with Crippen molar-refractivity contribution in [1.29, 1.82) is 0 Å². The van der Waals surface area contributed by atoms with Crippen LogP contribution in [-0.4, -0.2) is 83.0 Å². The molecule has 0 spiro atoms. The van der Waals surface area contributed by atoms with Crippen molar-refractivity contribution < 1.29 is 24.1 Å². The van der Waals surface area contributed by atoms with E-state index >= 15 is 4.39 Å². The quantitative estimate of drug-likeness (QED) is 0.433. The van der Waals surface area contributed by atoms with Crippen molar-refractivity contribution in [1.82, 2.24) is 20.2 Å². The molecule has 9 rings (SSSR count). The number of alkyl halides is 1. The molecule has 5 saturated heterocycles.